The Bertz CT molecular complexity index is 578. The summed E-state index contributed by atoms with van der Waals surface area (Å²) in [7, 11) is 1.84. The van der Waals surface area contributed by atoms with E-state index in [9.17, 15) is 4.79 Å². The zero-order valence-electron chi connectivity index (χ0n) is 10.1. The van der Waals surface area contributed by atoms with Crippen molar-refractivity contribution in [1.82, 2.24) is 14.5 Å². The molecule has 0 unspecified atom stereocenters. The van der Waals surface area contributed by atoms with Gasteiger partial charge in [-0.1, -0.05) is 0 Å². The van der Waals surface area contributed by atoms with Crippen molar-refractivity contribution in [2.75, 3.05) is 0 Å². The summed E-state index contributed by atoms with van der Waals surface area (Å²) in [6.45, 7) is 1.98. The van der Waals surface area contributed by atoms with Crippen molar-refractivity contribution in [3.63, 3.8) is 0 Å². The van der Waals surface area contributed by atoms with Crippen LogP contribution in [0.4, 0.5) is 0 Å². The molecule has 0 aromatic carbocycles. The van der Waals surface area contributed by atoms with Gasteiger partial charge in [-0.3, -0.25) is 0 Å². The quantitative estimate of drug-likeness (QED) is 0.883. The maximum Gasteiger partial charge on any atom is 0.358 e. The van der Waals surface area contributed by atoms with Gasteiger partial charge in [0.05, 0.1) is 18.2 Å². The Hall–Kier alpha value is -2.37. The molecule has 0 saturated carbocycles. The van der Waals surface area contributed by atoms with Crippen LogP contribution in [0.1, 0.15) is 21.9 Å². The number of imidazole rings is 1. The molecule has 6 heteroatoms. The van der Waals surface area contributed by atoms with Crippen LogP contribution in [0, 0.1) is 6.92 Å². The van der Waals surface area contributed by atoms with Crippen LogP contribution in [0.5, 0.6) is 5.75 Å². The molecule has 0 aliphatic heterocycles. The smallest absolute Gasteiger partial charge is 0.358 e. The molecule has 6 nitrogen and oxygen atoms in total. The Morgan fingerprint density at radius 1 is 1.50 bits per heavy atom. The first-order chi connectivity index (χ1) is 8.58. The molecule has 0 spiro atoms. The number of carboxylic acid groups (broad SMARTS) is 1. The Balaban J connectivity index is 2.19. The maximum absolute atomic E-state index is 11.0. The summed E-state index contributed by atoms with van der Waals surface area (Å²) in [4.78, 5) is 18.9. The van der Waals surface area contributed by atoms with Gasteiger partial charge in [-0.15, -0.1) is 0 Å². The lowest BCUT2D eigenvalue weighted by atomic mass is 10.3. The summed E-state index contributed by atoms with van der Waals surface area (Å²) >= 11 is 0. The highest BCUT2D eigenvalue weighted by Gasteiger charge is 2.14. The first kappa shape index (κ1) is 12.1. The second-order valence-corrected chi connectivity index (χ2v) is 3.89. The molecule has 0 aliphatic carbocycles. The Morgan fingerprint density at radius 3 is 2.89 bits per heavy atom. The molecule has 94 valence electrons. The van der Waals surface area contributed by atoms with E-state index in [2.05, 4.69) is 9.97 Å². The van der Waals surface area contributed by atoms with Crippen LogP contribution in [-0.2, 0) is 13.7 Å². The molecule has 18 heavy (non-hydrogen) atoms. The highest BCUT2D eigenvalue weighted by Crippen LogP contribution is 2.18. The first-order valence-electron chi connectivity index (χ1n) is 5.37. The van der Waals surface area contributed by atoms with Gasteiger partial charge in [-0.25, -0.2) is 14.8 Å². The molecule has 2 rings (SSSR count). The predicted octanol–water partition coefficient (Wildman–Crippen LogP) is 1.40. The molecular formula is C12H13N3O3. The molecule has 0 saturated heterocycles. The molecule has 0 fully saturated rings. The molecule has 2 aromatic rings. The van der Waals surface area contributed by atoms with Gasteiger partial charge in [-0.05, 0) is 19.1 Å². The Kier molecular flexibility index (Phi) is 3.27. The number of nitrogens with zero attached hydrogens (tertiary/aromatic N) is 3. The lowest BCUT2D eigenvalue weighted by Gasteiger charge is -2.09. The van der Waals surface area contributed by atoms with E-state index in [1.807, 2.05) is 11.6 Å². The number of rotatable bonds is 4. The molecule has 0 amide bonds. The summed E-state index contributed by atoms with van der Waals surface area (Å²) < 4.78 is 7.28. The third-order valence-corrected chi connectivity index (χ3v) is 2.49. The molecule has 0 atom stereocenters. The molecule has 2 heterocycles. The van der Waals surface area contributed by atoms with Crippen molar-refractivity contribution in [3.05, 3.63) is 41.7 Å². The van der Waals surface area contributed by atoms with Crippen LogP contribution >= 0.6 is 0 Å². The minimum Gasteiger partial charge on any atom is -0.485 e. The normalized spacial score (nSPS) is 10.3. The number of hydrogen-bond donors (Lipinski definition) is 1. The van der Waals surface area contributed by atoms with Gasteiger partial charge < -0.3 is 14.4 Å². The topological polar surface area (TPSA) is 77.2 Å². The lowest BCUT2D eigenvalue weighted by Crippen LogP contribution is -2.08. The Morgan fingerprint density at radius 2 is 2.28 bits per heavy atom. The highest BCUT2D eigenvalue weighted by molar-refractivity contribution is 5.88. The number of ether oxygens (including phenoxy) is 1. The standard InChI is InChI=1S/C12H13N3O3/c1-8-3-4-10(11(14-8)12(16)17)18-6-9-5-13-7-15(9)2/h3-5,7H,6H2,1-2H3,(H,16,17). The minimum absolute atomic E-state index is 0.0721. The number of aryl methyl sites for hydroxylation is 2. The van der Waals surface area contributed by atoms with Crippen molar-refractivity contribution in [2.45, 2.75) is 13.5 Å². The van der Waals surface area contributed by atoms with Crippen LogP contribution in [0.2, 0.25) is 0 Å². The summed E-state index contributed by atoms with van der Waals surface area (Å²) in [5.74, 6) is -0.840. The van der Waals surface area contributed by atoms with Crippen LogP contribution in [0.3, 0.4) is 0 Å². The van der Waals surface area contributed by atoms with Crippen molar-refractivity contribution in [3.8, 4) is 5.75 Å². The van der Waals surface area contributed by atoms with Crippen molar-refractivity contribution in [2.24, 2.45) is 7.05 Å². The number of hydrogen-bond acceptors (Lipinski definition) is 4. The minimum atomic E-state index is -1.10. The van der Waals surface area contributed by atoms with Gasteiger partial charge in [0.25, 0.3) is 0 Å². The van der Waals surface area contributed by atoms with Crippen LogP contribution in [-0.4, -0.2) is 25.6 Å². The maximum atomic E-state index is 11.0. The molecular weight excluding hydrogens is 234 g/mol. The molecule has 0 aliphatic rings. The monoisotopic (exact) mass is 247 g/mol. The third-order valence-electron chi connectivity index (χ3n) is 2.49. The summed E-state index contributed by atoms with van der Waals surface area (Å²) in [5.41, 5.74) is 1.42. The fraction of sp³-hybridized carbons (Fsp3) is 0.250. The average Bonchev–Trinajstić information content (AvgIpc) is 2.73. The largest absolute Gasteiger partial charge is 0.485 e. The molecule has 0 bridgehead atoms. The second-order valence-electron chi connectivity index (χ2n) is 3.89. The number of pyridine rings is 1. The number of aromatic nitrogens is 3. The fourth-order valence-corrected chi connectivity index (χ4v) is 1.49. The average molecular weight is 247 g/mol. The van der Waals surface area contributed by atoms with Crippen molar-refractivity contribution < 1.29 is 14.6 Å². The van der Waals surface area contributed by atoms with Gasteiger partial charge in [0, 0.05) is 12.7 Å². The van der Waals surface area contributed by atoms with Crippen molar-refractivity contribution >= 4 is 5.97 Å². The zero-order chi connectivity index (χ0) is 13.1. The van der Waals surface area contributed by atoms with Crippen LogP contribution in [0.25, 0.3) is 0 Å². The van der Waals surface area contributed by atoms with E-state index in [0.717, 1.165) is 5.69 Å². The van der Waals surface area contributed by atoms with Gasteiger partial charge in [-0.2, -0.15) is 0 Å². The van der Waals surface area contributed by atoms with Crippen molar-refractivity contribution in [1.29, 1.82) is 0 Å². The van der Waals surface area contributed by atoms with E-state index in [1.165, 1.54) is 0 Å². The Labute approximate surface area is 104 Å². The van der Waals surface area contributed by atoms with Crippen LogP contribution in [0.15, 0.2) is 24.7 Å². The van der Waals surface area contributed by atoms with Crippen LogP contribution < -0.4 is 4.74 Å². The predicted molar refractivity (Wildman–Crippen MR) is 63.5 cm³/mol. The van der Waals surface area contributed by atoms with Gasteiger partial charge in [0.15, 0.2) is 11.4 Å². The third kappa shape index (κ3) is 2.48. The summed E-state index contributed by atoms with van der Waals surface area (Å²) in [5, 5.41) is 9.04. The SMILES string of the molecule is Cc1ccc(OCc2cncn2C)c(C(=O)O)n1. The zero-order valence-corrected chi connectivity index (χ0v) is 10.1. The highest BCUT2D eigenvalue weighted by atomic mass is 16.5. The molecule has 0 radical (unpaired) electrons. The van der Waals surface area contributed by atoms with Gasteiger partial charge >= 0.3 is 5.97 Å². The number of aromatic carboxylic acids is 1. The number of carbonyl (C=O) groups is 1. The summed E-state index contributed by atoms with van der Waals surface area (Å²) in [6, 6.07) is 3.33. The van der Waals surface area contributed by atoms with E-state index in [-0.39, 0.29) is 18.1 Å². The van der Waals surface area contributed by atoms with Gasteiger partial charge in [0.1, 0.15) is 6.61 Å². The lowest BCUT2D eigenvalue weighted by molar-refractivity contribution is 0.0684. The van der Waals surface area contributed by atoms with E-state index in [1.54, 1.807) is 31.6 Å². The van der Waals surface area contributed by atoms with Gasteiger partial charge in [0.2, 0.25) is 0 Å². The fourth-order valence-electron chi connectivity index (χ4n) is 1.49. The van der Waals surface area contributed by atoms with E-state index >= 15 is 0 Å². The second kappa shape index (κ2) is 4.87. The first-order valence-corrected chi connectivity index (χ1v) is 5.37. The summed E-state index contributed by atoms with van der Waals surface area (Å²) in [6.07, 6.45) is 3.33. The molecule has 2 aromatic heterocycles. The van der Waals surface area contributed by atoms with E-state index in [0.29, 0.717) is 5.69 Å². The van der Waals surface area contributed by atoms with E-state index < -0.39 is 5.97 Å². The number of carboxylic acids is 1. The molecule has 1 N–H and O–H groups in total. The van der Waals surface area contributed by atoms with E-state index in [4.69, 9.17) is 9.84 Å².